The maximum Gasteiger partial charge on any atom is 0.317 e. The number of aliphatic carboxylic acids is 1. The van der Waals surface area contributed by atoms with Crippen LogP contribution in [0.5, 0.6) is 0 Å². The number of carboxylic acid groups (broad SMARTS) is 1. The lowest BCUT2D eigenvalue weighted by molar-refractivity contribution is -0.151. The van der Waals surface area contributed by atoms with Crippen LogP contribution in [-0.4, -0.2) is 41.6 Å². The fourth-order valence-electron chi connectivity index (χ4n) is 3.23. The Morgan fingerprint density at radius 3 is 2.33 bits per heavy atom. The Kier molecular flexibility index (Phi) is 4.79. The summed E-state index contributed by atoms with van der Waals surface area (Å²) in [6, 6.07) is 0.0887. The fourth-order valence-corrected chi connectivity index (χ4v) is 3.23. The van der Waals surface area contributed by atoms with Crippen LogP contribution in [0.2, 0.25) is 0 Å². The van der Waals surface area contributed by atoms with E-state index in [0.717, 1.165) is 12.8 Å². The first-order valence-corrected chi connectivity index (χ1v) is 8.10. The highest BCUT2D eigenvalue weighted by Gasteiger charge is 2.42. The SMILES string of the molecule is CC1CCC(CNC(=O)N(C)C(C)C2CC2)(C(=O)O)CC1. The van der Waals surface area contributed by atoms with Gasteiger partial charge in [0.1, 0.15) is 0 Å². The van der Waals surface area contributed by atoms with Crippen LogP contribution in [0.15, 0.2) is 0 Å². The van der Waals surface area contributed by atoms with Gasteiger partial charge in [-0.3, -0.25) is 4.79 Å². The van der Waals surface area contributed by atoms with E-state index in [9.17, 15) is 14.7 Å². The maximum atomic E-state index is 12.2. The molecule has 1 atom stereocenters. The van der Waals surface area contributed by atoms with Gasteiger partial charge in [-0.15, -0.1) is 0 Å². The van der Waals surface area contributed by atoms with E-state index in [0.29, 0.717) is 24.7 Å². The van der Waals surface area contributed by atoms with Gasteiger partial charge in [0.05, 0.1) is 5.41 Å². The van der Waals surface area contributed by atoms with Crippen LogP contribution in [0.25, 0.3) is 0 Å². The summed E-state index contributed by atoms with van der Waals surface area (Å²) in [6.07, 6.45) is 5.55. The Bertz CT molecular complexity index is 398. The molecule has 1 unspecified atom stereocenters. The fraction of sp³-hybridized carbons (Fsp3) is 0.875. The molecule has 5 nitrogen and oxygen atoms in total. The average molecular weight is 296 g/mol. The van der Waals surface area contributed by atoms with E-state index >= 15 is 0 Å². The number of hydrogen-bond acceptors (Lipinski definition) is 2. The second-order valence-electron chi connectivity index (χ2n) is 7.12. The third-order valence-electron chi connectivity index (χ3n) is 5.50. The molecule has 2 N–H and O–H groups in total. The normalized spacial score (nSPS) is 30.5. The third-order valence-corrected chi connectivity index (χ3v) is 5.50. The van der Waals surface area contributed by atoms with Gasteiger partial charge in [-0.2, -0.15) is 0 Å². The molecular formula is C16H28N2O3. The van der Waals surface area contributed by atoms with E-state index in [4.69, 9.17) is 0 Å². The molecule has 120 valence electrons. The smallest absolute Gasteiger partial charge is 0.317 e. The lowest BCUT2D eigenvalue weighted by atomic mass is 9.71. The van der Waals surface area contributed by atoms with E-state index in [1.807, 2.05) is 0 Å². The van der Waals surface area contributed by atoms with Gasteiger partial charge in [0.2, 0.25) is 0 Å². The number of amides is 2. The van der Waals surface area contributed by atoms with E-state index < -0.39 is 11.4 Å². The molecule has 0 spiro atoms. The van der Waals surface area contributed by atoms with Gasteiger partial charge in [-0.05, 0) is 57.3 Å². The van der Waals surface area contributed by atoms with Crippen molar-refractivity contribution in [2.24, 2.45) is 17.3 Å². The van der Waals surface area contributed by atoms with Crippen LogP contribution < -0.4 is 5.32 Å². The van der Waals surface area contributed by atoms with Crippen molar-refractivity contribution in [1.82, 2.24) is 10.2 Å². The van der Waals surface area contributed by atoms with Gasteiger partial charge in [0.25, 0.3) is 0 Å². The molecule has 0 saturated heterocycles. The first-order valence-electron chi connectivity index (χ1n) is 8.10. The molecule has 2 rings (SSSR count). The number of rotatable bonds is 5. The van der Waals surface area contributed by atoms with Crippen molar-refractivity contribution in [3.05, 3.63) is 0 Å². The van der Waals surface area contributed by atoms with Crippen LogP contribution in [0.3, 0.4) is 0 Å². The molecule has 2 saturated carbocycles. The van der Waals surface area contributed by atoms with Crippen molar-refractivity contribution in [1.29, 1.82) is 0 Å². The zero-order valence-electron chi connectivity index (χ0n) is 13.4. The second-order valence-corrected chi connectivity index (χ2v) is 7.12. The number of hydrogen-bond donors (Lipinski definition) is 2. The van der Waals surface area contributed by atoms with Gasteiger partial charge >= 0.3 is 12.0 Å². The highest BCUT2D eigenvalue weighted by Crippen LogP contribution is 2.39. The molecular weight excluding hydrogens is 268 g/mol. The minimum Gasteiger partial charge on any atom is -0.481 e. The summed E-state index contributed by atoms with van der Waals surface area (Å²) in [4.78, 5) is 25.6. The van der Waals surface area contributed by atoms with E-state index in [2.05, 4.69) is 19.2 Å². The molecule has 21 heavy (non-hydrogen) atoms. The molecule has 2 amide bonds. The molecule has 0 aromatic carbocycles. The largest absolute Gasteiger partial charge is 0.481 e. The third kappa shape index (κ3) is 3.69. The minimum absolute atomic E-state index is 0.145. The monoisotopic (exact) mass is 296 g/mol. The van der Waals surface area contributed by atoms with E-state index in [1.54, 1.807) is 11.9 Å². The number of carboxylic acids is 1. The van der Waals surface area contributed by atoms with Gasteiger partial charge < -0.3 is 15.3 Å². The van der Waals surface area contributed by atoms with Crippen LogP contribution in [0.1, 0.15) is 52.4 Å². The van der Waals surface area contributed by atoms with E-state index in [-0.39, 0.29) is 18.6 Å². The molecule has 2 fully saturated rings. The Hall–Kier alpha value is -1.26. The summed E-state index contributed by atoms with van der Waals surface area (Å²) in [5.41, 5.74) is -0.772. The summed E-state index contributed by atoms with van der Waals surface area (Å²) >= 11 is 0. The average Bonchev–Trinajstić information content (AvgIpc) is 3.29. The quantitative estimate of drug-likeness (QED) is 0.819. The molecule has 0 aliphatic heterocycles. The Morgan fingerprint density at radius 1 is 1.29 bits per heavy atom. The van der Waals surface area contributed by atoms with Crippen LogP contribution >= 0.6 is 0 Å². The first kappa shape index (κ1) is 16.1. The predicted octanol–water partition coefficient (Wildman–Crippen LogP) is 2.71. The molecule has 2 aliphatic carbocycles. The molecule has 5 heteroatoms. The van der Waals surface area contributed by atoms with Gasteiger partial charge in [-0.1, -0.05) is 6.92 Å². The minimum atomic E-state index is -0.772. The standard InChI is InChI=1S/C16H28N2O3/c1-11-6-8-16(9-7-11,14(19)20)10-17-15(21)18(3)12(2)13-4-5-13/h11-13H,4-10H2,1-3H3,(H,17,21)(H,19,20). The van der Waals surface area contributed by atoms with Gasteiger partial charge in [0, 0.05) is 19.6 Å². The molecule has 0 heterocycles. The van der Waals surface area contributed by atoms with Crippen molar-refractivity contribution < 1.29 is 14.7 Å². The second kappa shape index (κ2) is 6.24. The highest BCUT2D eigenvalue weighted by molar-refractivity contribution is 5.78. The molecule has 0 aromatic heterocycles. The lowest BCUT2D eigenvalue weighted by Gasteiger charge is -2.36. The first-order chi connectivity index (χ1) is 9.85. The Balaban J connectivity index is 1.89. The summed E-state index contributed by atoms with van der Waals surface area (Å²) in [6.45, 7) is 4.47. The maximum absolute atomic E-state index is 12.2. The van der Waals surface area contributed by atoms with Crippen LogP contribution in [-0.2, 0) is 4.79 Å². The van der Waals surface area contributed by atoms with Crippen molar-refractivity contribution in [2.75, 3.05) is 13.6 Å². The zero-order chi connectivity index (χ0) is 15.6. The lowest BCUT2D eigenvalue weighted by Crippen LogP contribution is -2.50. The van der Waals surface area contributed by atoms with E-state index in [1.165, 1.54) is 12.8 Å². The molecule has 0 aromatic rings. The highest BCUT2D eigenvalue weighted by atomic mass is 16.4. The number of urea groups is 1. The van der Waals surface area contributed by atoms with Crippen LogP contribution in [0, 0.1) is 17.3 Å². The van der Waals surface area contributed by atoms with Crippen molar-refractivity contribution in [3.63, 3.8) is 0 Å². The summed E-state index contributed by atoms with van der Waals surface area (Å²) < 4.78 is 0. The van der Waals surface area contributed by atoms with Gasteiger partial charge in [0.15, 0.2) is 0 Å². The van der Waals surface area contributed by atoms with Crippen molar-refractivity contribution in [3.8, 4) is 0 Å². The van der Waals surface area contributed by atoms with Gasteiger partial charge in [-0.25, -0.2) is 4.79 Å². The summed E-state index contributed by atoms with van der Waals surface area (Å²) in [7, 11) is 1.80. The Morgan fingerprint density at radius 2 is 1.86 bits per heavy atom. The summed E-state index contributed by atoms with van der Waals surface area (Å²) in [5, 5.41) is 12.4. The van der Waals surface area contributed by atoms with Crippen molar-refractivity contribution in [2.45, 2.75) is 58.4 Å². The topological polar surface area (TPSA) is 69.6 Å². The number of carbonyl (C=O) groups is 2. The number of nitrogens with one attached hydrogen (secondary N) is 1. The molecule has 0 bridgehead atoms. The molecule has 2 aliphatic rings. The number of nitrogens with zero attached hydrogens (tertiary/aromatic N) is 1. The predicted molar refractivity (Wildman–Crippen MR) is 81.0 cm³/mol. The van der Waals surface area contributed by atoms with Crippen LogP contribution in [0.4, 0.5) is 4.79 Å². The molecule has 0 radical (unpaired) electrons. The Labute approximate surface area is 127 Å². The van der Waals surface area contributed by atoms with Crippen molar-refractivity contribution >= 4 is 12.0 Å². The number of carbonyl (C=O) groups excluding carboxylic acids is 1. The summed E-state index contributed by atoms with van der Waals surface area (Å²) in [5.74, 6) is 0.433. The zero-order valence-corrected chi connectivity index (χ0v) is 13.4.